The van der Waals surface area contributed by atoms with Gasteiger partial charge in [0.05, 0.1) is 0 Å². The third-order valence-electron chi connectivity index (χ3n) is 3.54. The Morgan fingerprint density at radius 3 is 2.50 bits per heavy atom. The summed E-state index contributed by atoms with van der Waals surface area (Å²) in [6.45, 7) is 2.19. The lowest BCUT2D eigenvalue weighted by Gasteiger charge is -2.26. The summed E-state index contributed by atoms with van der Waals surface area (Å²) in [5.41, 5.74) is 0. The largest absolute Gasteiger partial charge is 0.443 e. The fourth-order valence-corrected chi connectivity index (χ4v) is 3.82. The number of hydrogen-bond donors (Lipinski definition) is 2. The maximum absolute atomic E-state index is 12.0. The second-order valence-electron chi connectivity index (χ2n) is 5.22. The molecule has 1 aliphatic rings. The molecule has 20 heavy (non-hydrogen) atoms. The first kappa shape index (κ1) is 15.5. The number of primary sulfonamides is 1. The third-order valence-corrected chi connectivity index (χ3v) is 5.30. The van der Waals surface area contributed by atoms with E-state index in [0.717, 1.165) is 31.7 Å². The van der Waals surface area contributed by atoms with Crippen LogP contribution in [0.1, 0.15) is 43.2 Å². The van der Waals surface area contributed by atoms with Gasteiger partial charge in [-0.25, -0.2) is 13.6 Å². The van der Waals surface area contributed by atoms with E-state index >= 15 is 0 Å². The SMILES string of the molecule is CC1CCC(NC(=O)c2cc(S(N)(=O)=O)c(Br)o2)CC1. The van der Waals surface area contributed by atoms with Gasteiger partial charge in [0, 0.05) is 12.1 Å². The molecule has 112 valence electrons. The molecule has 1 saturated carbocycles. The van der Waals surface area contributed by atoms with Crippen LogP contribution < -0.4 is 10.5 Å². The Morgan fingerprint density at radius 2 is 2.00 bits per heavy atom. The highest BCUT2D eigenvalue weighted by molar-refractivity contribution is 9.10. The Hall–Kier alpha value is -0.860. The first-order valence-corrected chi connectivity index (χ1v) is 8.74. The molecule has 0 saturated heterocycles. The zero-order chi connectivity index (χ0) is 14.9. The summed E-state index contributed by atoms with van der Waals surface area (Å²) in [4.78, 5) is 11.8. The van der Waals surface area contributed by atoms with Gasteiger partial charge in [-0.1, -0.05) is 6.92 Å². The molecule has 1 aliphatic carbocycles. The van der Waals surface area contributed by atoms with Crippen LogP contribution in [0.3, 0.4) is 0 Å². The van der Waals surface area contributed by atoms with E-state index in [2.05, 4.69) is 28.2 Å². The monoisotopic (exact) mass is 364 g/mol. The van der Waals surface area contributed by atoms with Crippen LogP contribution in [0.15, 0.2) is 20.0 Å². The van der Waals surface area contributed by atoms with E-state index < -0.39 is 15.9 Å². The molecule has 0 spiro atoms. The van der Waals surface area contributed by atoms with Crippen molar-refractivity contribution in [1.29, 1.82) is 0 Å². The molecule has 2 rings (SSSR count). The zero-order valence-corrected chi connectivity index (χ0v) is 13.5. The summed E-state index contributed by atoms with van der Waals surface area (Å²) in [7, 11) is -3.91. The molecule has 0 unspecified atom stereocenters. The predicted molar refractivity (Wildman–Crippen MR) is 76.7 cm³/mol. The minimum Gasteiger partial charge on any atom is -0.443 e. The van der Waals surface area contributed by atoms with Crippen LogP contribution in [-0.4, -0.2) is 20.4 Å². The normalized spacial score (nSPS) is 23.6. The summed E-state index contributed by atoms with van der Waals surface area (Å²) < 4.78 is 27.6. The van der Waals surface area contributed by atoms with E-state index in [9.17, 15) is 13.2 Å². The van der Waals surface area contributed by atoms with Crippen molar-refractivity contribution >= 4 is 31.9 Å². The molecule has 0 atom stereocenters. The maximum Gasteiger partial charge on any atom is 0.287 e. The molecule has 1 amide bonds. The summed E-state index contributed by atoms with van der Waals surface area (Å²) >= 11 is 2.95. The van der Waals surface area contributed by atoms with Gasteiger partial charge in [0.1, 0.15) is 4.90 Å². The van der Waals surface area contributed by atoms with Crippen molar-refractivity contribution in [2.24, 2.45) is 11.1 Å². The van der Waals surface area contributed by atoms with Gasteiger partial charge in [0.15, 0.2) is 10.4 Å². The maximum atomic E-state index is 12.0. The predicted octanol–water partition coefficient (Wildman–Crippen LogP) is 2.00. The lowest BCUT2D eigenvalue weighted by Crippen LogP contribution is -2.37. The molecule has 0 bridgehead atoms. The molecule has 0 aliphatic heterocycles. The molecule has 6 nitrogen and oxygen atoms in total. The number of furan rings is 1. The Balaban J connectivity index is 2.07. The van der Waals surface area contributed by atoms with Crippen LogP contribution in [0.25, 0.3) is 0 Å². The quantitative estimate of drug-likeness (QED) is 0.855. The molecule has 1 aromatic rings. The van der Waals surface area contributed by atoms with Crippen molar-refractivity contribution in [3.05, 3.63) is 16.5 Å². The molecule has 1 heterocycles. The first-order chi connectivity index (χ1) is 9.27. The standard InChI is InChI=1S/C12H17BrN2O4S/c1-7-2-4-8(5-3-7)15-12(16)9-6-10(11(13)19-9)20(14,17)18/h6-8H,2-5H2,1H3,(H,15,16)(H2,14,17,18). The van der Waals surface area contributed by atoms with E-state index in [4.69, 9.17) is 9.56 Å². The minimum absolute atomic E-state index is 0.0533. The van der Waals surface area contributed by atoms with Crippen molar-refractivity contribution in [1.82, 2.24) is 5.32 Å². The van der Waals surface area contributed by atoms with Gasteiger partial charge in [-0.3, -0.25) is 4.79 Å². The van der Waals surface area contributed by atoms with Crippen LogP contribution in [0, 0.1) is 5.92 Å². The van der Waals surface area contributed by atoms with Crippen molar-refractivity contribution in [3.8, 4) is 0 Å². The Bertz CT molecular complexity index is 603. The number of halogens is 1. The Kier molecular flexibility index (Phi) is 4.55. The number of carbonyl (C=O) groups excluding carboxylic acids is 1. The molecular formula is C12H17BrN2O4S. The van der Waals surface area contributed by atoms with Crippen LogP contribution in [0.4, 0.5) is 0 Å². The highest BCUT2D eigenvalue weighted by Crippen LogP contribution is 2.26. The molecular weight excluding hydrogens is 348 g/mol. The smallest absolute Gasteiger partial charge is 0.287 e. The van der Waals surface area contributed by atoms with Crippen molar-refractivity contribution in [3.63, 3.8) is 0 Å². The average molecular weight is 365 g/mol. The lowest BCUT2D eigenvalue weighted by molar-refractivity contribution is 0.0893. The number of sulfonamides is 1. The molecule has 0 radical (unpaired) electrons. The molecule has 0 aromatic carbocycles. The van der Waals surface area contributed by atoms with Crippen molar-refractivity contribution in [2.75, 3.05) is 0 Å². The molecule has 1 fully saturated rings. The Morgan fingerprint density at radius 1 is 1.40 bits per heavy atom. The fraction of sp³-hybridized carbons (Fsp3) is 0.583. The Labute approximate surface area is 126 Å². The highest BCUT2D eigenvalue weighted by atomic mass is 79.9. The van der Waals surface area contributed by atoms with E-state index in [1.165, 1.54) is 0 Å². The zero-order valence-electron chi connectivity index (χ0n) is 11.1. The summed E-state index contributed by atoms with van der Waals surface area (Å²) in [6.07, 6.45) is 4.01. The summed E-state index contributed by atoms with van der Waals surface area (Å²) in [5.74, 6) is 0.217. The number of rotatable bonds is 3. The number of nitrogens with two attached hydrogens (primary N) is 1. The van der Waals surface area contributed by atoms with Crippen molar-refractivity contribution in [2.45, 2.75) is 43.5 Å². The topological polar surface area (TPSA) is 102 Å². The molecule has 1 aromatic heterocycles. The number of carbonyl (C=O) groups is 1. The van der Waals surface area contributed by atoms with Crippen LogP contribution in [-0.2, 0) is 10.0 Å². The minimum atomic E-state index is -3.91. The second kappa shape index (κ2) is 5.87. The van der Waals surface area contributed by atoms with Gasteiger partial charge in [0.25, 0.3) is 5.91 Å². The van der Waals surface area contributed by atoms with E-state index in [1.54, 1.807) is 0 Å². The van der Waals surface area contributed by atoms with Crippen LogP contribution in [0.2, 0.25) is 0 Å². The third kappa shape index (κ3) is 3.62. The van der Waals surface area contributed by atoms with E-state index in [1.807, 2.05) is 0 Å². The summed E-state index contributed by atoms with van der Waals surface area (Å²) in [5, 5.41) is 7.88. The van der Waals surface area contributed by atoms with E-state index in [-0.39, 0.29) is 21.4 Å². The average Bonchev–Trinajstić information content (AvgIpc) is 2.74. The lowest BCUT2D eigenvalue weighted by atomic mass is 9.87. The van der Waals surface area contributed by atoms with Gasteiger partial charge in [0.2, 0.25) is 10.0 Å². The van der Waals surface area contributed by atoms with E-state index in [0.29, 0.717) is 5.92 Å². The highest BCUT2D eigenvalue weighted by Gasteiger charge is 2.25. The fourth-order valence-electron chi connectivity index (χ4n) is 2.32. The summed E-state index contributed by atoms with van der Waals surface area (Å²) in [6, 6.07) is 1.25. The van der Waals surface area contributed by atoms with Crippen molar-refractivity contribution < 1.29 is 17.6 Å². The number of hydrogen-bond acceptors (Lipinski definition) is 4. The van der Waals surface area contributed by atoms with Gasteiger partial charge in [-0.2, -0.15) is 0 Å². The van der Waals surface area contributed by atoms with Gasteiger partial charge in [-0.05, 0) is 47.5 Å². The number of amides is 1. The number of nitrogens with one attached hydrogen (secondary N) is 1. The first-order valence-electron chi connectivity index (χ1n) is 6.40. The molecule has 3 N–H and O–H groups in total. The van der Waals surface area contributed by atoms with Gasteiger partial charge < -0.3 is 9.73 Å². The van der Waals surface area contributed by atoms with Gasteiger partial charge in [-0.15, -0.1) is 0 Å². The van der Waals surface area contributed by atoms with Gasteiger partial charge >= 0.3 is 0 Å². The van der Waals surface area contributed by atoms with Crippen LogP contribution in [0.5, 0.6) is 0 Å². The second-order valence-corrected chi connectivity index (χ2v) is 7.47. The van der Waals surface area contributed by atoms with Crippen LogP contribution >= 0.6 is 15.9 Å². The molecule has 8 heteroatoms.